The quantitative estimate of drug-likeness (QED) is 0.483. The Morgan fingerprint density at radius 3 is 2.35 bits per heavy atom. The lowest BCUT2D eigenvalue weighted by atomic mass is 10.2. The molecule has 4 N–H and O–H groups in total. The van der Waals surface area contributed by atoms with Crippen molar-refractivity contribution in [2.45, 2.75) is 44.4 Å². The number of anilines is 2. The van der Waals surface area contributed by atoms with Crippen LogP contribution in [0.5, 0.6) is 0 Å². The van der Waals surface area contributed by atoms with Gasteiger partial charge in [-0.2, -0.15) is 0 Å². The van der Waals surface area contributed by atoms with Crippen molar-refractivity contribution in [3.63, 3.8) is 0 Å². The van der Waals surface area contributed by atoms with E-state index in [1.54, 1.807) is 12.1 Å². The van der Waals surface area contributed by atoms with Crippen LogP contribution in [0.3, 0.4) is 0 Å². The SMILES string of the molecule is CCCCNc1ccc(S(=O)(=O)NCCCC)cc1N. The van der Waals surface area contributed by atoms with E-state index in [9.17, 15) is 8.42 Å². The first-order valence-corrected chi connectivity index (χ1v) is 8.62. The Balaban J connectivity index is 2.75. The summed E-state index contributed by atoms with van der Waals surface area (Å²) in [5, 5.41) is 3.20. The summed E-state index contributed by atoms with van der Waals surface area (Å²) in [7, 11) is -3.45. The van der Waals surface area contributed by atoms with Gasteiger partial charge in [-0.25, -0.2) is 13.1 Å². The molecule has 0 heterocycles. The normalized spacial score (nSPS) is 11.5. The van der Waals surface area contributed by atoms with E-state index in [2.05, 4.69) is 17.0 Å². The van der Waals surface area contributed by atoms with Gasteiger partial charge in [0, 0.05) is 13.1 Å². The third-order valence-corrected chi connectivity index (χ3v) is 4.46. The van der Waals surface area contributed by atoms with E-state index >= 15 is 0 Å². The van der Waals surface area contributed by atoms with E-state index in [1.165, 1.54) is 6.07 Å². The summed E-state index contributed by atoms with van der Waals surface area (Å²) >= 11 is 0. The summed E-state index contributed by atoms with van der Waals surface area (Å²) in [5.74, 6) is 0. The summed E-state index contributed by atoms with van der Waals surface area (Å²) in [6, 6.07) is 4.81. The molecule has 0 fully saturated rings. The van der Waals surface area contributed by atoms with Crippen molar-refractivity contribution in [3.8, 4) is 0 Å². The number of hydrogen-bond acceptors (Lipinski definition) is 4. The van der Waals surface area contributed by atoms with Crippen LogP contribution in [-0.4, -0.2) is 21.5 Å². The average molecular weight is 299 g/mol. The first-order chi connectivity index (χ1) is 9.51. The van der Waals surface area contributed by atoms with Crippen LogP contribution in [0.15, 0.2) is 23.1 Å². The summed E-state index contributed by atoms with van der Waals surface area (Å²) in [4.78, 5) is 0.215. The lowest BCUT2D eigenvalue weighted by molar-refractivity contribution is 0.578. The Labute approximate surface area is 122 Å². The molecule has 0 aliphatic rings. The fourth-order valence-electron chi connectivity index (χ4n) is 1.74. The average Bonchev–Trinajstić information content (AvgIpc) is 2.41. The minimum absolute atomic E-state index is 0.215. The van der Waals surface area contributed by atoms with Crippen LogP contribution in [0.25, 0.3) is 0 Å². The molecule has 0 aliphatic heterocycles. The number of nitrogens with two attached hydrogens (primary N) is 1. The molecule has 6 heteroatoms. The Hall–Kier alpha value is -1.27. The predicted octanol–water partition coefficient (Wildman–Crippen LogP) is 2.56. The summed E-state index contributed by atoms with van der Waals surface area (Å²) in [5.41, 5.74) is 7.14. The number of hydrogen-bond donors (Lipinski definition) is 3. The van der Waals surface area contributed by atoms with Gasteiger partial charge in [-0.05, 0) is 31.0 Å². The van der Waals surface area contributed by atoms with E-state index < -0.39 is 10.0 Å². The maximum atomic E-state index is 12.0. The standard InChI is InChI=1S/C14H25N3O2S/c1-3-5-9-16-14-8-7-12(11-13(14)15)20(18,19)17-10-6-4-2/h7-8,11,16-17H,3-6,9-10,15H2,1-2H3. The molecule has 114 valence electrons. The molecule has 1 aromatic rings. The topological polar surface area (TPSA) is 84.2 Å². The Morgan fingerprint density at radius 2 is 1.75 bits per heavy atom. The van der Waals surface area contributed by atoms with Crippen molar-refractivity contribution < 1.29 is 8.42 Å². The minimum Gasteiger partial charge on any atom is -0.397 e. The third kappa shape index (κ3) is 5.02. The van der Waals surface area contributed by atoms with Gasteiger partial charge in [0.2, 0.25) is 10.0 Å². The lowest BCUT2D eigenvalue weighted by Gasteiger charge is -2.11. The zero-order chi connectivity index (χ0) is 15.0. The molecule has 0 aromatic heterocycles. The molecule has 0 bridgehead atoms. The number of rotatable bonds is 9. The van der Waals surface area contributed by atoms with E-state index in [4.69, 9.17) is 5.73 Å². The number of sulfonamides is 1. The molecule has 0 atom stereocenters. The smallest absolute Gasteiger partial charge is 0.240 e. The predicted molar refractivity (Wildman–Crippen MR) is 84.3 cm³/mol. The first kappa shape index (κ1) is 16.8. The van der Waals surface area contributed by atoms with Crippen molar-refractivity contribution >= 4 is 21.4 Å². The second-order valence-corrected chi connectivity index (χ2v) is 6.55. The highest BCUT2D eigenvalue weighted by molar-refractivity contribution is 7.89. The number of unbranched alkanes of at least 4 members (excludes halogenated alkanes) is 2. The maximum absolute atomic E-state index is 12.0. The van der Waals surface area contributed by atoms with Gasteiger partial charge in [0.25, 0.3) is 0 Å². The van der Waals surface area contributed by atoms with Crippen molar-refractivity contribution in [1.82, 2.24) is 4.72 Å². The molecule has 5 nitrogen and oxygen atoms in total. The zero-order valence-electron chi connectivity index (χ0n) is 12.3. The monoisotopic (exact) mass is 299 g/mol. The second-order valence-electron chi connectivity index (χ2n) is 4.78. The Morgan fingerprint density at radius 1 is 1.10 bits per heavy atom. The lowest BCUT2D eigenvalue weighted by Crippen LogP contribution is -2.24. The van der Waals surface area contributed by atoms with Crippen LogP contribution in [-0.2, 0) is 10.0 Å². The van der Waals surface area contributed by atoms with Crippen LogP contribution >= 0.6 is 0 Å². The van der Waals surface area contributed by atoms with Gasteiger partial charge < -0.3 is 11.1 Å². The van der Waals surface area contributed by atoms with Crippen molar-refractivity contribution in [2.24, 2.45) is 0 Å². The van der Waals surface area contributed by atoms with Gasteiger partial charge in [0.1, 0.15) is 0 Å². The van der Waals surface area contributed by atoms with Crippen LogP contribution in [0, 0.1) is 0 Å². The van der Waals surface area contributed by atoms with Gasteiger partial charge >= 0.3 is 0 Å². The molecule has 0 radical (unpaired) electrons. The molecule has 0 aliphatic carbocycles. The Bertz CT molecular complexity index is 515. The largest absolute Gasteiger partial charge is 0.397 e. The van der Waals surface area contributed by atoms with Crippen LogP contribution < -0.4 is 15.8 Å². The summed E-state index contributed by atoms with van der Waals surface area (Å²) in [6.45, 7) is 5.42. The van der Waals surface area contributed by atoms with Gasteiger partial charge in [0.15, 0.2) is 0 Å². The highest BCUT2D eigenvalue weighted by Gasteiger charge is 2.14. The fraction of sp³-hybridized carbons (Fsp3) is 0.571. The number of nitrogen functional groups attached to an aromatic ring is 1. The zero-order valence-corrected chi connectivity index (χ0v) is 13.1. The highest BCUT2D eigenvalue weighted by atomic mass is 32.2. The van der Waals surface area contributed by atoms with Crippen molar-refractivity contribution in [1.29, 1.82) is 0 Å². The maximum Gasteiger partial charge on any atom is 0.240 e. The molecular formula is C14H25N3O2S. The molecule has 0 amide bonds. The van der Waals surface area contributed by atoms with E-state index in [0.29, 0.717) is 12.2 Å². The summed E-state index contributed by atoms with van der Waals surface area (Å²) in [6.07, 6.45) is 3.93. The third-order valence-electron chi connectivity index (χ3n) is 3.00. The molecule has 0 saturated carbocycles. The van der Waals surface area contributed by atoms with Crippen LogP contribution in [0.1, 0.15) is 39.5 Å². The second kappa shape index (κ2) is 8.11. The van der Waals surface area contributed by atoms with Gasteiger partial charge in [-0.1, -0.05) is 26.7 Å². The first-order valence-electron chi connectivity index (χ1n) is 7.14. The molecule has 0 unspecified atom stereocenters. The molecule has 0 spiro atoms. The molecular weight excluding hydrogens is 274 g/mol. The van der Waals surface area contributed by atoms with Crippen molar-refractivity contribution in [2.75, 3.05) is 24.1 Å². The number of nitrogens with one attached hydrogen (secondary N) is 2. The van der Waals surface area contributed by atoms with Gasteiger partial charge in [-0.15, -0.1) is 0 Å². The van der Waals surface area contributed by atoms with E-state index in [0.717, 1.165) is 37.9 Å². The molecule has 1 rings (SSSR count). The molecule has 0 saturated heterocycles. The van der Waals surface area contributed by atoms with E-state index in [1.807, 2.05) is 6.92 Å². The van der Waals surface area contributed by atoms with Gasteiger partial charge in [-0.3, -0.25) is 0 Å². The highest BCUT2D eigenvalue weighted by Crippen LogP contribution is 2.22. The van der Waals surface area contributed by atoms with Crippen molar-refractivity contribution in [3.05, 3.63) is 18.2 Å². The number of benzene rings is 1. The van der Waals surface area contributed by atoms with E-state index in [-0.39, 0.29) is 4.90 Å². The fourth-order valence-corrected chi connectivity index (χ4v) is 2.84. The van der Waals surface area contributed by atoms with Crippen LogP contribution in [0.4, 0.5) is 11.4 Å². The Kier molecular flexibility index (Phi) is 6.81. The minimum atomic E-state index is -3.45. The van der Waals surface area contributed by atoms with Crippen LogP contribution in [0.2, 0.25) is 0 Å². The molecule has 20 heavy (non-hydrogen) atoms. The van der Waals surface area contributed by atoms with Gasteiger partial charge in [0.05, 0.1) is 16.3 Å². The summed E-state index contributed by atoms with van der Waals surface area (Å²) < 4.78 is 26.7. The molecule has 1 aromatic carbocycles.